The highest BCUT2D eigenvalue weighted by molar-refractivity contribution is 5.81. The van der Waals surface area contributed by atoms with Crippen molar-refractivity contribution in [3.63, 3.8) is 0 Å². The monoisotopic (exact) mass is 720 g/mol. The van der Waals surface area contributed by atoms with Gasteiger partial charge in [-0.1, -0.05) is 170 Å². The van der Waals surface area contributed by atoms with Crippen molar-refractivity contribution in [3.05, 3.63) is 252 Å². The van der Waals surface area contributed by atoms with Crippen LogP contribution in [0.25, 0.3) is 24.3 Å². The molecule has 0 aliphatic heterocycles. The molecule has 56 heavy (non-hydrogen) atoms. The van der Waals surface area contributed by atoms with Crippen molar-refractivity contribution in [2.75, 3.05) is 9.80 Å². The summed E-state index contributed by atoms with van der Waals surface area (Å²) in [5.74, 6) is 0. The predicted octanol–water partition coefficient (Wildman–Crippen LogP) is 14.8. The number of hydrogen-bond donors (Lipinski definition) is 0. The van der Waals surface area contributed by atoms with Gasteiger partial charge in [-0.15, -0.1) is 0 Å². The molecule has 270 valence electrons. The maximum atomic E-state index is 2.32. The van der Waals surface area contributed by atoms with Crippen LogP contribution in [-0.4, -0.2) is 0 Å². The second-order valence-corrected chi connectivity index (χ2v) is 13.8. The lowest BCUT2D eigenvalue weighted by atomic mass is 10.0. The van der Waals surface area contributed by atoms with E-state index in [-0.39, 0.29) is 0 Å². The predicted molar refractivity (Wildman–Crippen MR) is 240 cm³/mol. The molecule has 8 rings (SSSR count). The van der Waals surface area contributed by atoms with Gasteiger partial charge in [-0.3, -0.25) is 0 Å². The van der Waals surface area contributed by atoms with Gasteiger partial charge in [-0.25, -0.2) is 0 Å². The molecule has 0 radical (unpaired) electrons. The largest absolute Gasteiger partial charge is 0.311 e. The molecule has 0 fully saturated rings. The minimum Gasteiger partial charge on any atom is -0.311 e. The lowest BCUT2D eigenvalue weighted by molar-refractivity contribution is 0.960. The van der Waals surface area contributed by atoms with Crippen LogP contribution in [0.2, 0.25) is 0 Å². The Labute approximate surface area is 331 Å². The average molecular weight is 721 g/mol. The third kappa shape index (κ3) is 9.13. The SMILES string of the molecule is C(=Cc1ccc(N(c2ccccc2)c2ccc(C=Cc3ccc(N(c4ccccc4)c4ccc(CCc5ccccc5)cc4)cc3)cc2)cc1)c1ccccc1. The van der Waals surface area contributed by atoms with Gasteiger partial charge in [0.1, 0.15) is 0 Å². The van der Waals surface area contributed by atoms with Crippen molar-refractivity contribution in [2.24, 2.45) is 0 Å². The molecule has 0 atom stereocenters. The summed E-state index contributed by atoms with van der Waals surface area (Å²) >= 11 is 0. The van der Waals surface area contributed by atoms with Gasteiger partial charge in [-0.2, -0.15) is 0 Å². The quantitative estimate of drug-likeness (QED) is 0.109. The van der Waals surface area contributed by atoms with Gasteiger partial charge in [0, 0.05) is 34.1 Å². The zero-order valence-electron chi connectivity index (χ0n) is 31.4. The van der Waals surface area contributed by atoms with Crippen molar-refractivity contribution >= 4 is 58.4 Å². The molecule has 0 N–H and O–H groups in total. The highest BCUT2D eigenvalue weighted by Crippen LogP contribution is 2.36. The van der Waals surface area contributed by atoms with Crippen molar-refractivity contribution < 1.29 is 0 Å². The minimum absolute atomic E-state index is 1.02. The molecule has 2 nitrogen and oxygen atoms in total. The third-order valence-corrected chi connectivity index (χ3v) is 9.96. The van der Waals surface area contributed by atoms with Gasteiger partial charge >= 0.3 is 0 Å². The Balaban J connectivity index is 0.972. The van der Waals surface area contributed by atoms with Crippen LogP contribution in [0.3, 0.4) is 0 Å². The van der Waals surface area contributed by atoms with E-state index in [1.165, 1.54) is 16.7 Å². The lowest BCUT2D eigenvalue weighted by Gasteiger charge is -2.26. The van der Waals surface area contributed by atoms with E-state index in [9.17, 15) is 0 Å². The summed E-state index contributed by atoms with van der Waals surface area (Å²) < 4.78 is 0. The summed E-state index contributed by atoms with van der Waals surface area (Å²) in [5, 5.41) is 0. The van der Waals surface area contributed by atoms with E-state index in [0.29, 0.717) is 0 Å². The van der Waals surface area contributed by atoms with Crippen LogP contribution in [0.4, 0.5) is 34.1 Å². The molecule has 0 heterocycles. The molecule has 0 saturated carbocycles. The second-order valence-electron chi connectivity index (χ2n) is 13.8. The van der Waals surface area contributed by atoms with Gasteiger partial charge < -0.3 is 9.80 Å². The van der Waals surface area contributed by atoms with Gasteiger partial charge in [0.15, 0.2) is 0 Å². The Morgan fingerprint density at radius 3 is 0.839 bits per heavy atom. The maximum Gasteiger partial charge on any atom is 0.0462 e. The fourth-order valence-electron chi connectivity index (χ4n) is 6.95. The standard InChI is InChI=1S/C54H44N2/c1-5-13-43(14-6-1)21-23-45-27-35-51(36-28-45)55(49-17-9-3-10-18-49)53-39-31-47(32-40-53)25-26-48-33-41-54(42-34-48)56(50-19-11-4-12-20-50)52-37-29-46(30-38-52)24-22-44-15-7-2-8-16-44/h1-21,23,25-42H,22,24H2. The summed E-state index contributed by atoms with van der Waals surface area (Å²) in [4.78, 5) is 4.62. The van der Waals surface area contributed by atoms with E-state index in [0.717, 1.165) is 63.7 Å². The van der Waals surface area contributed by atoms with Crippen LogP contribution in [0.1, 0.15) is 33.4 Å². The van der Waals surface area contributed by atoms with Crippen LogP contribution in [0.15, 0.2) is 218 Å². The van der Waals surface area contributed by atoms with Gasteiger partial charge in [0.25, 0.3) is 0 Å². The molecular formula is C54H44N2. The number of hydrogen-bond acceptors (Lipinski definition) is 2. The first-order valence-electron chi connectivity index (χ1n) is 19.3. The van der Waals surface area contributed by atoms with Gasteiger partial charge in [0.2, 0.25) is 0 Å². The van der Waals surface area contributed by atoms with Crippen LogP contribution in [0, 0.1) is 0 Å². The molecule has 0 aliphatic rings. The zero-order valence-corrected chi connectivity index (χ0v) is 31.4. The van der Waals surface area contributed by atoms with E-state index in [1.54, 1.807) is 0 Å². The molecule has 0 amide bonds. The number of anilines is 6. The summed E-state index contributed by atoms with van der Waals surface area (Å²) in [7, 11) is 0. The molecule has 0 aliphatic carbocycles. The first-order valence-corrected chi connectivity index (χ1v) is 19.3. The Morgan fingerprint density at radius 1 is 0.232 bits per heavy atom. The summed E-state index contributed by atoms with van der Waals surface area (Å²) in [6.45, 7) is 0. The van der Waals surface area contributed by atoms with Gasteiger partial charge in [-0.05, 0) is 119 Å². The zero-order chi connectivity index (χ0) is 37.8. The van der Waals surface area contributed by atoms with E-state index < -0.39 is 0 Å². The molecular weight excluding hydrogens is 677 g/mol. The molecule has 0 unspecified atom stereocenters. The van der Waals surface area contributed by atoms with Crippen LogP contribution < -0.4 is 9.80 Å². The minimum atomic E-state index is 1.02. The second kappa shape index (κ2) is 17.8. The van der Waals surface area contributed by atoms with Crippen molar-refractivity contribution in [2.45, 2.75) is 12.8 Å². The maximum absolute atomic E-state index is 2.32. The van der Waals surface area contributed by atoms with Crippen LogP contribution in [-0.2, 0) is 12.8 Å². The Bertz CT molecular complexity index is 2450. The van der Waals surface area contributed by atoms with Crippen molar-refractivity contribution in [1.29, 1.82) is 0 Å². The Kier molecular flexibility index (Phi) is 11.4. The highest BCUT2D eigenvalue weighted by atomic mass is 15.1. The summed E-state index contributed by atoms with van der Waals surface area (Å²) in [5.41, 5.74) is 14.1. The first kappa shape index (κ1) is 35.8. The fourth-order valence-corrected chi connectivity index (χ4v) is 6.95. The number of benzene rings is 8. The fraction of sp³-hybridized carbons (Fsp3) is 0.0370. The summed E-state index contributed by atoms with van der Waals surface area (Å²) in [6.07, 6.45) is 10.7. The Hall–Kier alpha value is -7.16. The van der Waals surface area contributed by atoms with Crippen molar-refractivity contribution in [3.8, 4) is 0 Å². The van der Waals surface area contributed by atoms with E-state index >= 15 is 0 Å². The van der Waals surface area contributed by atoms with Crippen molar-refractivity contribution in [1.82, 2.24) is 0 Å². The number of rotatable bonds is 13. The molecule has 8 aromatic carbocycles. The third-order valence-electron chi connectivity index (χ3n) is 9.96. The lowest BCUT2D eigenvalue weighted by Crippen LogP contribution is -2.09. The molecule has 0 saturated heterocycles. The number of nitrogens with zero attached hydrogens (tertiary/aromatic N) is 2. The highest BCUT2D eigenvalue weighted by Gasteiger charge is 2.13. The Morgan fingerprint density at radius 2 is 0.482 bits per heavy atom. The average Bonchev–Trinajstić information content (AvgIpc) is 3.28. The number of para-hydroxylation sites is 2. The molecule has 0 bridgehead atoms. The smallest absolute Gasteiger partial charge is 0.0462 e. The molecule has 8 aromatic rings. The van der Waals surface area contributed by atoms with Crippen LogP contribution in [0.5, 0.6) is 0 Å². The molecule has 2 heteroatoms. The number of aryl methyl sites for hydroxylation is 2. The first-order chi connectivity index (χ1) is 27.7. The molecule has 0 spiro atoms. The van der Waals surface area contributed by atoms with E-state index in [1.807, 2.05) is 6.07 Å². The normalized spacial score (nSPS) is 11.2. The molecule has 0 aromatic heterocycles. The van der Waals surface area contributed by atoms with Crippen LogP contribution >= 0.6 is 0 Å². The van der Waals surface area contributed by atoms with E-state index in [2.05, 4.69) is 246 Å². The van der Waals surface area contributed by atoms with E-state index in [4.69, 9.17) is 0 Å². The summed E-state index contributed by atoms with van der Waals surface area (Å²) in [6, 6.07) is 77.6. The van der Waals surface area contributed by atoms with Gasteiger partial charge in [0.05, 0.1) is 0 Å². The topological polar surface area (TPSA) is 6.48 Å².